The van der Waals surface area contributed by atoms with Gasteiger partial charge >= 0.3 is 0 Å². The van der Waals surface area contributed by atoms with Crippen LogP contribution in [0.15, 0.2) is 46.9 Å². The van der Waals surface area contributed by atoms with Gasteiger partial charge in [-0.15, -0.1) is 0 Å². The molecule has 5 nitrogen and oxygen atoms in total. The monoisotopic (exact) mass is 434 g/mol. The molecule has 2 aromatic rings. The van der Waals surface area contributed by atoms with E-state index in [1.54, 1.807) is 18.2 Å². The van der Waals surface area contributed by atoms with Gasteiger partial charge in [-0.2, -0.15) is 0 Å². The molecule has 2 aromatic carbocycles. The maximum Gasteiger partial charge on any atom is 0.245 e. The molecule has 128 valence electrons. The van der Waals surface area contributed by atoms with Gasteiger partial charge in [0.15, 0.2) is 0 Å². The lowest BCUT2D eigenvalue weighted by Gasteiger charge is -2.22. The molecule has 0 atom stereocenters. The van der Waals surface area contributed by atoms with Gasteiger partial charge in [0.25, 0.3) is 0 Å². The number of nitrogens with one attached hydrogen (secondary N) is 1. The molecule has 0 aliphatic heterocycles. The molecule has 9 heteroatoms. The van der Waals surface area contributed by atoms with E-state index in [-0.39, 0.29) is 11.4 Å². The third kappa shape index (κ3) is 4.93. The van der Waals surface area contributed by atoms with Crippen LogP contribution in [0.25, 0.3) is 0 Å². The Kier molecular flexibility index (Phi) is 5.84. The highest BCUT2D eigenvalue weighted by atomic mass is 79.9. The van der Waals surface area contributed by atoms with E-state index in [1.165, 1.54) is 24.3 Å². The molecule has 2 rings (SSSR count). The van der Waals surface area contributed by atoms with Crippen LogP contribution in [0.5, 0.6) is 0 Å². The second-order valence-electron chi connectivity index (χ2n) is 4.92. The summed E-state index contributed by atoms with van der Waals surface area (Å²) in [5.74, 6) is -1.31. The summed E-state index contributed by atoms with van der Waals surface area (Å²) in [6.45, 7) is -0.505. The highest BCUT2D eigenvalue weighted by Gasteiger charge is 2.21. The van der Waals surface area contributed by atoms with Crippen LogP contribution in [0.3, 0.4) is 0 Å². The quantitative estimate of drug-likeness (QED) is 0.780. The van der Waals surface area contributed by atoms with Crippen molar-refractivity contribution in [2.45, 2.75) is 0 Å². The van der Waals surface area contributed by atoms with E-state index in [4.69, 9.17) is 11.6 Å². The third-order valence-corrected chi connectivity index (χ3v) is 4.86. The van der Waals surface area contributed by atoms with Gasteiger partial charge in [0.1, 0.15) is 12.4 Å². The number of sulfonamides is 1. The molecule has 0 spiro atoms. The zero-order valence-electron chi connectivity index (χ0n) is 12.5. The van der Waals surface area contributed by atoms with Gasteiger partial charge < -0.3 is 5.32 Å². The highest BCUT2D eigenvalue weighted by molar-refractivity contribution is 9.10. The Morgan fingerprint density at radius 3 is 2.58 bits per heavy atom. The first-order valence-electron chi connectivity index (χ1n) is 6.65. The molecule has 1 N–H and O–H groups in total. The molecule has 24 heavy (non-hydrogen) atoms. The maximum absolute atomic E-state index is 13.8. The number of benzene rings is 2. The van der Waals surface area contributed by atoms with Crippen molar-refractivity contribution in [2.75, 3.05) is 22.4 Å². The number of hydrogen-bond donors (Lipinski definition) is 1. The topological polar surface area (TPSA) is 66.5 Å². The Morgan fingerprint density at radius 1 is 1.29 bits per heavy atom. The van der Waals surface area contributed by atoms with Crippen LogP contribution >= 0.6 is 27.5 Å². The van der Waals surface area contributed by atoms with Crippen LogP contribution in [-0.4, -0.2) is 27.1 Å². The fourth-order valence-electron chi connectivity index (χ4n) is 1.94. The summed E-state index contributed by atoms with van der Waals surface area (Å²) < 4.78 is 39.1. The van der Waals surface area contributed by atoms with Gasteiger partial charge in [0, 0.05) is 9.50 Å². The number of anilines is 2. The summed E-state index contributed by atoms with van der Waals surface area (Å²) in [5, 5.41) is 2.68. The van der Waals surface area contributed by atoms with Crippen molar-refractivity contribution < 1.29 is 17.6 Å². The van der Waals surface area contributed by atoms with Gasteiger partial charge in [0.05, 0.1) is 17.6 Å². The normalized spacial score (nSPS) is 11.2. The molecule has 0 fully saturated rings. The fourth-order valence-corrected chi connectivity index (χ4v) is 3.31. The molecule has 0 unspecified atom stereocenters. The van der Waals surface area contributed by atoms with E-state index in [1.807, 2.05) is 0 Å². The van der Waals surface area contributed by atoms with Gasteiger partial charge in [-0.3, -0.25) is 9.10 Å². The Labute approximate surface area is 152 Å². The Hall–Kier alpha value is -1.64. The highest BCUT2D eigenvalue weighted by Crippen LogP contribution is 2.23. The average molecular weight is 436 g/mol. The van der Waals surface area contributed by atoms with Crippen molar-refractivity contribution in [3.63, 3.8) is 0 Å². The molecule has 0 saturated heterocycles. The van der Waals surface area contributed by atoms with Crippen LogP contribution in [0, 0.1) is 5.82 Å². The van der Waals surface area contributed by atoms with Crippen molar-refractivity contribution in [3.8, 4) is 0 Å². The van der Waals surface area contributed by atoms with Crippen LogP contribution in [0.2, 0.25) is 5.02 Å². The summed E-state index contributed by atoms with van der Waals surface area (Å²) in [5.41, 5.74) is 0.208. The van der Waals surface area contributed by atoms with Crippen LogP contribution < -0.4 is 9.62 Å². The molecular formula is C15H13BrClFN2O3S. The van der Waals surface area contributed by atoms with Crippen LogP contribution in [0.1, 0.15) is 0 Å². The third-order valence-electron chi connectivity index (χ3n) is 2.99. The molecular weight excluding hydrogens is 423 g/mol. The summed E-state index contributed by atoms with van der Waals surface area (Å²) in [4.78, 5) is 12.1. The molecule has 0 aromatic heterocycles. The van der Waals surface area contributed by atoms with Crippen molar-refractivity contribution in [1.82, 2.24) is 0 Å². The fraction of sp³-hybridized carbons (Fsp3) is 0.133. The van der Waals surface area contributed by atoms with Crippen molar-refractivity contribution >= 4 is 54.8 Å². The summed E-state index contributed by atoms with van der Waals surface area (Å²) in [7, 11) is -3.73. The molecule has 1 amide bonds. The van der Waals surface area contributed by atoms with E-state index >= 15 is 0 Å². The number of rotatable bonds is 5. The molecule has 0 saturated carbocycles. The molecule has 0 heterocycles. The molecule has 0 aliphatic carbocycles. The van der Waals surface area contributed by atoms with Crippen LogP contribution in [-0.2, 0) is 14.8 Å². The first-order chi connectivity index (χ1) is 11.2. The minimum Gasteiger partial charge on any atom is -0.322 e. The zero-order chi connectivity index (χ0) is 17.9. The van der Waals surface area contributed by atoms with E-state index in [2.05, 4.69) is 21.2 Å². The second-order valence-corrected chi connectivity index (χ2v) is 8.18. The average Bonchev–Trinajstić information content (AvgIpc) is 2.46. The predicted molar refractivity (Wildman–Crippen MR) is 96.4 cm³/mol. The molecule has 0 radical (unpaired) electrons. The number of hydrogen-bond acceptors (Lipinski definition) is 3. The first kappa shape index (κ1) is 18.7. The summed E-state index contributed by atoms with van der Waals surface area (Å²) >= 11 is 8.98. The number of carbonyl (C=O) groups is 1. The van der Waals surface area contributed by atoms with Gasteiger partial charge in [-0.05, 0) is 36.4 Å². The van der Waals surface area contributed by atoms with Crippen LogP contribution in [0.4, 0.5) is 15.8 Å². The largest absolute Gasteiger partial charge is 0.322 e. The molecule has 0 bridgehead atoms. The van der Waals surface area contributed by atoms with Gasteiger partial charge in [-0.25, -0.2) is 12.8 Å². The first-order valence-corrected chi connectivity index (χ1v) is 9.67. The summed E-state index contributed by atoms with van der Waals surface area (Å²) in [6, 6.07) is 10.2. The molecule has 0 aliphatic rings. The lowest BCUT2D eigenvalue weighted by molar-refractivity contribution is -0.114. The standard InChI is InChI=1S/C15H13BrClFN2O3S/c1-24(22,23)20(12-4-2-3-11(17)8-12)9-15(21)19-14-6-5-10(16)7-13(14)18/h2-8H,9H2,1H3,(H,19,21). The Morgan fingerprint density at radius 2 is 2.00 bits per heavy atom. The number of carbonyl (C=O) groups excluding carboxylic acids is 1. The van der Waals surface area contributed by atoms with E-state index in [0.29, 0.717) is 9.50 Å². The van der Waals surface area contributed by atoms with Crippen molar-refractivity contribution in [2.24, 2.45) is 0 Å². The van der Waals surface area contributed by atoms with Crippen molar-refractivity contribution in [1.29, 1.82) is 0 Å². The Bertz CT molecular complexity index is 877. The SMILES string of the molecule is CS(=O)(=O)N(CC(=O)Nc1ccc(Br)cc1F)c1cccc(Cl)c1. The number of halogens is 3. The lowest BCUT2D eigenvalue weighted by Crippen LogP contribution is -2.37. The maximum atomic E-state index is 13.8. The zero-order valence-corrected chi connectivity index (χ0v) is 15.6. The summed E-state index contributed by atoms with van der Waals surface area (Å²) in [6.07, 6.45) is 0.974. The van der Waals surface area contributed by atoms with E-state index in [9.17, 15) is 17.6 Å². The van der Waals surface area contributed by atoms with E-state index in [0.717, 1.165) is 10.6 Å². The lowest BCUT2D eigenvalue weighted by atomic mass is 10.3. The van der Waals surface area contributed by atoms with Gasteiger partial charge in [0.2, 0.25) is 15.9 Å². The number of amides is 1. The van der Waals surface area contributed by atoms with Crippen molar-refractivity contribution in [3.05, 3.63) is 57.8 Å². The predicted octanol–water partition coefficient (Wildman–Crippen LogP) is 3.65. The number of nitrogens with zero attached hydrogens (tertiary/aromatic N) is 1. The minimum absolute atomic E-state index is 0.0391. The minimum atomic E-state index is -3.73. The van der Waals surface area contributed by atoms with E-state index < -0.39 is 28.3 Å². The second kappa shape index (κ2) is 7.50. The van der Waals surface area contributed by atoms with Gasteiger partial charge in [-0.1, -0.05) is 33.6 Å². The Balaban J connectivity index is 2.22. The smallest absolute Gasteiger partial charge is 0.245 e.